The number of rotatable bonds is 6. The van der Waals surface area contributed by atoms with Gasteiger partial charge in [0.05, 0.1) is 0 Å². The van der Waals surface area contributed by atoms with Crippen LogP contribution in [0.25, 0.3) is 11.1 Å². The van der Waals surface area contributed by atoms with Crippen LogP contribution >= 0.6 is 12.4 Å². The zero-order valence-corrected chi connectivity index (χ0v) is 16.1. The maximum absolute atomic E-state index is 12.1. The van der Waals surface area contributed by atoms with Crippen LogP contribution in [-0.2, 0) is 22.6 Å². The largest absolute Gasteiger partial charge is 0.460 e. The molecule has 3 nitrogen and oxygen atoms in total. The second-order valence-corrected chi connectivity index (χ2v) is 6.47. The van der Waals surface area contributed by atoms with Crippen LogP contribution in [0.1, 0.15) is 16.7 Å². The fraction of sp³-hybridized carbons (Fsp3) is 0.174. The lowest BCUT2D eigenvalue weighted by Crippen LogP contribution is -2.34. The Morgan fingerprint density at radius 2 is 1.41 bits per heavy atom. The second-order valence-electron chi connectivity index (χ2n) is 6.47. The molecule has 0 saturated carbocycles. The van der Waals surface area contributed by atoms with Gasteiger partial charge in [-0.05, 0) is 35.6 Å². The molecule has 0 unspecified atom stereocenters. The van der Waals surface area contributed by atoms with E-state index in [4.69, 9.17) is 10.5 Å². The first-order valence-corrected chi connectivity index (χ1v) is 8.74. The van der Waals surface area contributed by atoms with Crippen molar-refractivity contribution < 1.29 is 9.53 Å². The van der Waals surface area contributed by atoms with Crippen LogP contribution < -0.4 is 5.73 Å². The molecule has 140 valence electrons. The van der Waals surface area contributed by atoms with Crippen LogP contribution in [0.2, 0.25) is 0 Å². The van der Waals surface area contributed by atoms with E-state index in [1.54, 1.807) is 0 Å². The summed E-state index contributed by atoms with van der Waals surface area (Å²) in [5.41, 5.74) is 11.5. The predicted molar refractivity (Wildman–Crippen MR) is 112 cm³/mol. The van der Waals surface area contributed by atoms with Gasteiger partial charge in [0.15, 0.2) is 0 Å². The Morgan fingerprint density at radius 3 is 2.00 bits per heavy atom. The minimum absolute atomic E-state index is 0. The Bertz CT molecular complexity index is 846. The summed E-state index contributed by atoms with van der Waals surface area (Å²) in [7, 11) is 0. The summed E-state index contributed by atoms with van der Waals surface area (Å²) in [6, 6.07) is 25.5. The fourth-order valence-electron chi connectivity index (χ4n) is 2.75. The Labute approximate surface area is 166 Å². The van der Waals surface area contributed by atoms with Gasteiger partial charge in [-0.25, -0.2) is 0 Å². The Morgan fingerprint density at radius 1 is 0.852 bits per heavy atom. The summed E-state index contributed by atoms with van der Waals surface area (Å²) in [6.45, 7) is 2.32. The highest BCUT2D eigenvalue weighted by Crippen LogP contribution is 2.20. The second kappa shape index (κ2) is 9.91. The van der Waals surface area contributed by atoms with Gasteiger partial charge in [0.25, 0.3) is 0 Å². The zero-order chi connectivity index (χ0) is 18.4. The molecular formula is C23H24ClNO2. The van der Waals surface area contributed by atoms with Crippen LogP contribution in [0, 0.1) is 6.92 Å². The molecule has 0 aromatic heterocycles. The number of hydrogen-bond acceptors (Lipinski definition) is 3. The van der Waals surface area contributed by atoms with E-state index in [2.05, 4.69) is 43.3 Å². The number of carbonyl (C=O) groups excluding carboxylic acids is 1. The Kier molecular flexibility index (Phi) is 7.59. The molecule has 0 amide bonds. The molecule has 4 heteroatoms. The molecule has 3 rings (SSSR count). The molecule has 3 aromatic carbocycles. The molecule has 0 fully saturated rings. The first-order chi connectivity index (χ1) is 12.6. The van der Waals surface area contributed by atoms with Gasteiger partial charge < -0.3 is 10.5 Å². The molecule has 27 heavy (non-hydrogen) atoms. The summed E-state index contributed by atoms with van der Waals surface area (Å²) in [6.07, 6.45) is 0.460. The highest BCUT2D eigenvalue weighted by molar-refractivity contribution is 5.85. The van der Waals surface area contributed by atoms with Crippen LogP contribution in [0.4, 0.5) is 0 Å². The van der Waals surface area contributed by atoms with Crippen molar-refractivity contribution in [3.8, 4) is 11.1 Å². The van der Waals surface area contributed by atoms with Gasteiger partial charge in [-0.1, -0.05) is 84.4 Å². The molecule has 0 spiro atoms. The monoisotopic (exact) mass is 381 g/mol. The smallest absolute Gasteiger partial charge is 0.323 e. The number of hydrogen-bond donors (Lipinski definition) is 1. The Balaban J connectivity index is 0.00000261. The molecular weight excluding hydrogens is 358 g/mol. The lowest BCUT2D eigenvalue weighted by molar-refractivity contribution is -0.146. The van der Waals surface area contributed by atoms with E-state index in [9.17, 15) is 4.79 Å². The van der Waals surface area contributed by atoms with Gasteiger partial charge in [0.2, 0.25) is 0 Å². The standard InChI is InChI=1S/C23H23NO2.ClH/c1-17-7-11-20(12-8-17)21-13-9-18(10-14-21)15-22(24)23(25)26-16-19-5-3-2-4-6-19;/h2-14,22H,15-16,24H2,1H3;1H/t22-;/m0./s1. The van der Waals surface area contributed by atoms with Crippen LogP contribution in [0.15, 0.2) is 78.9 Å². The van der Waals surface area contributed by atoms with Gasteiger partial charge in [-0.2, -0.15) is 0 Å². The first kappa shape index (κ1) is 20.7. The van der Waals surface area contributed by atoms with Crippen molar-refractivity contribution in [2.45, 2.75) is 26.0 Å². The van der Waals surface area contributed by atoms with Crippen molar-refractivity contribution in [1.29, 1.82) is 0 Å². The fourth-order valence-corrected chi connectivity index (χ4v) is 2.75. The van der Waals surface area contributed by atoms with Gasteiger partial charge in [0.1, 0.15) is 12.6 Å². The van der Waals surface area contributed by atoms with Crippen molar-refractivity contribution in [1.82, 2.24) is 0 Å². The average molecular weight is 382 g/mol. The van der Waals surface area contributed by atoms with Gasteiger partial charge in [0, 0.05) is 0 Å². The third kappa shape index (κ3) is 5.95. The number of aryl methyl sites for hydroxylation is 1. The molecule has 0 aliphatic carbocycles. The Hall–Kier alpha value is -2.62. The number of carbonyl (C=O) groups is 1. The lowest BCUT2D eigenvalue weighted by Gasteiger charge is -2.12. The van der Waals surface area contributed by atoms with E-state index in [-0.39, 0.29) is 25.0 Å². The topological polar surface area (TPSA) is 52.3 Å². The third-order valence-electron chi connectivity index (χ3n) is 4.32. The first-order valence-electron chi connectivity index (χ1n) is 8.74. The molecule has 2 N–H and O–H groups in total. The molecule has 0 saturated heterocycles. The number of esters is 1. The molecule has 0 radical (unpaired) electrons. The van der Waals surface area contributed by atoms with Crippen molar-refractivity contribution >= 4 is 18.4 Å². The molecule has 0 heterocycles. The number of ether oxygens (including phenoxy) is 1. The van der Waals surface area contributed by atoms with E-state index in [1.807, 2.05) is 42.5 Å². The SMILES string of the molecule is Cc1ccc(-c2ccc(C[C@H](N)C(=O)OCc3ccccc3)cc2)cc1.Cl. The van der Waals surface area contributed by atoms with Crippen LogP contribution in [0.3, 0.4) is 0 Å². The van der Waals surface area contributed by atoms with Crippen LogP contribution in [0.5, 0.6) is 0 Å². The minimum atomic E-state index is -0.663. The van der Waals surface area contributed by atoms with Gasteiger partial charge in [-0.3, -0.25) is 4.79 Å². The summed E-state index contributed by atoms with van der Waals surface area (Å²) >= 11 is 0. The number of halogens is 1. The van der Waals surface area contributed by atoms with Crippen molar-refractivity contribution in [3.63, 3.8) is 0 Å². The average Bonchev–Trinajstić information content (AvgIpc) is 2.68. The minimum Gasteiger partial charge on any atom is -0.460 e. The summed E-state index contributed by atoms with van der Waals surface area (Å²) in [5, 5.41) is 0. The molecule has 0 bridgehead atoms. The molecule has 3 aromatic rings. The summed E-state index contributed by atoms with van der Waals surface area (Å²) in [4.78, 5) is 12.1. The molecule has 0 aliphatic heterocycles. The van der Waals surface area contributed by atoms with E-state index in [1.165, 1.54) is 11.1 Å². The number of nitrogens with two attached hydrogens (primary N) is 1. The maximum atomic E-state index is 12.1. The third-order valence-corrected chi connectivity index (χ3v) is 4.32. The zero-order valence-electron chi connectivity index (χ0n) is 15.3. The van der Waals surface area contributed by atoms with Crippen LogP contribution in [-0.4, -0.2) is 12.0 Å². The van der Waals surface area contributed by atoms with E-state index in [0.717, 1.165) is 16.7 Å². The maximum Gasteiger partial charge on any atom is 0.323 e. The van der Waals surface area contributed by atoms with Gasteiger partial charge >= 0.3 is 5.97 Å². The predicted octanol–water partition coefficient (Wildman–Crippen LogP) is 4.70. The van der Waals surface area contributed by atoms with E-state index >= 15 is 0 Å². The lowest BCUT2D eigenvalue weighted by atomic mass is 10.0. The van der Waals surface area contributed by atoms with E-state index in [0.29, 0.717) is 6.42 Å². The number of benzene rings is 3. The molecule has 0 aliphatic rings. The summed E-state index contributed by atoms with van der Waals surface area (Å²) < 4.78 is 5.30. The normalized spacial score (nSPS) is 11.3. The van der Waals surface area contributed by atoms with Crippen molar-refractivity contribution in [2.75, 3.05) is 0 Å². The van der Waals surface area contributed by atoms with Gasteiger partial charge in [-0.15, -0.1) is 12.4 Å². The van der Waals surface area contributed by atoms with Crippen molar-refractivity contribution in [2.24, 2.45) is 5.73 Å². The quantitative estimate of drug-likeness (QED) is 0.630. The van der Waals surface area contributed by atoms with E-state index < -0.39 is 6.04 Å². The van der Waals surface area contributed by atoms with Crippen molar-refractivity contribution in [3.05, 3.63) is 95.6 Å². The summed E-state index contributed by atoms with van der Waals surface area (Å²) in [5.74, 6) is -0.378. The molecule has 1 atom stereocenters. The highest BCUT2D eigenvalue weighted by Gasteiger charge is 2.15. The highest BCUT2D eigenvalue weighted by atomic mass is 35.5.